The van der Waals surface area contributed by atoms with E-state index in [4.69, 9.17) is 10.5 Å². The van der Waals surface area contributed by atoms with E-state index in [1.54, 1.807) is 7.11 Å². The normalized spacial score (nSPS) is 12.5. The summed E-state index contributed by atoms with van der Waals surface area (Å²) in [5.74, 6) is 0.742. The first-order chi connectivity index (χ1) is 6.76. The molecule has 0 spiro atoms. The molecule has 1 unspecified atom stereocenters. The van der Waals surface area contributed by atoms with Gasteiger partial charge in [0.05, 0.1) is 11.8 Å². The lowest BCUT2D eigenvalue weighted by Gasteiger charge is -2.10. The Morgan fingerprint density at radius 3 is 2.79 bits per heavy atom. The summed E-state index contributed by atoms with van der Waals surface area (Å²) in [4.78, 5) is 0. The van der Waals surface area contributed by atoms with Gasteiger partial charge in [0.1, 0.15) is 5.82 Å². The molecule has 0 aliphatic heterocycles. The Labute approximate surface area is 83.7 Å². The van der Waals surface area contributed by atoms with E-state index in [0.29, 0.717) is 13.1 Å². The van der Waals surface area contributed by atoms with Crippen LogP contribution in [0.4, 0.5) is 5.82 Å². The molecule has 0 fully saturated rings. The molecule has 1 atom stereocenters. The van der Waals surface area contributed by atoms with E-state index in [9.17, 15) is 0 Å². The van der Waals surface area contributed by atoms with Crippen LogP contribution in [0.5, 0.6) is 0 Å². The summed E-state index contributed by atoms with van der Waals surface area (Å²) in [5, 5.41) is 11.0. The molecular formula is C9H16N4O. The van der Waals surface area contributed by atoms with Gasteiger partial charge in [-0.2, -0.15) is 5.10 Å². The minimum Gasteiger partial charge on any atom is -0.380 e. The van der Waals surface area contributed by atoms with Crippen molar-refractivity contribution in [3.05, 3.63) is 17.8 Å². The zero-order chi connectivity index (χ0) is 10.4. The highest BCUT2D eigenvalue weighted by Gasteiger charge is 2.00. The van der Waals surface area contributed by atoms with E-state index >= 15 is 0 Å². The summed E-state index contributed by atoms with van der Waals surface area (Å²) < 4.78 is 5.09. The predicted octanol–water partition coefficient (Wildman–Crippen LogP) is 0.382. The molecule has 3 N–H and O–H groups in total. The molecule has 1 aromatic rings. The van der Waals surface area contributed by atoms with E-state index in [-0.39, 0.29) is 6.10 Å². The maximum Gasteiger partial charge on any atom is 0.148 e. The van der Waals surface area contributed by atoms with Gasteiger partial charge in [0, 0.05) is 20.2 Å². The van der Waals surface area contributed by atoms with Crippen LogP contribution < -0.4 is 11.1 Å². The number of hydrogen-bond acceptors (Lipinski definition) is 5. The SMILES string of the molecule is COC(C)CNc1ccc(CN)nn1. The second kappa shape index (κ2) is 5.51. The van der Waals surface area contributed by atoms with Crippen molar-refractivity contribution < 1.29 is 4.74 Å². The third kappa shape index (κ3) is 3.27. The van der Waals surface area contributed by atoms with Crippen molar-refractivity contribution in [2.45, 2.75) is 19.6 Å². The number of ether oxygens (including phenoxy) is 1. The van der Waals surface area contributed by atoms with Gasteiger partial charge in [-0.05, 0) is 19.1 Å². The summed E-state index contributed by atoms with van der Waals surface area (Å²) in [6.07, 6.45) is 0.158. The smallest absolute Gasteiger partial charge is 0.148 e. The Balaban J connectivity index is 2.43. The van der Waals surface area contributed by atoms with E-state index in [1.165, 1.54) is 0 Å². The molecule has 5 heteroatoms. The highest BCUT2D eigenvalue weighted by Crippen LogP contribution is 2.01. The molecule has 0 bridgehead atoms. The summed E-state index contributed by atoms with van der Waals surface area (Å²) in [7, 11) is 1.68. The van der Waals surface area contributed by atoms with Crippen LogP contribution in [0.1, 0.15) is 12.6 Å². The molecule has 0 saturated carbocycles. The maximum absolute atomic E-state index is 5.40. The topological polar surface area (TPSA) is 73.1 Å². The zero-order valence-corrected chi connectivity index (χ0v) is 8.53. The number of rotatable bonds is 5. The van der Waals surface area contributed by atoms with Crippen molar-refractivity contribution in [1.29, 1.82) is 0 Å². The molecule has 0 saturated heterocycles. The fraction of sp³-hybridized carbons (Fsp3) is 0.556. The van der Waals surface area contributed by atoms with Gasteiger partial charge in [-0.15, -0.1) is 5.10 Å². The van der Waals surface area contributed by atoms with E-state index in [0.717, 1.165) is 11.5 Å². The Bertz CT molecular complexity index is 262. The molecule has 0 radical (unpaired) electrons. The first-order valence-electron chi connectivity index (χ1n) is 4.55. The van der Waals surface area contributed by atoms with E-state index in [1.807, 2.05) is 19.1 Å². The van der Waals surface area contributed by atoms with Gasteiger partial charge in [-0.3, -0.25) is 0 Å². The van der Waals surface area contributed by atoms with E-state index < -0.39 is 0 Å². The number of nitrogens with zero attached hydrogens (tertiary/aromatic N) is 2. The zero-order valence-electron chi connectivity index (χ0n) is 8.53. The predicted molar refractivity (Wildman–Crippen MR) is 54.9 cm³/mol. The quantitative estimate of drug-likeness (QED) is 0.712. The monoisotopic (exact) mass is 196 g/mol. The van der Waals surface area contributed by atoms with Crippen molar-refractivity contribution in [2.24, 2.45) is 5.73 Å². The Hall–Kier alpha value is -1.20. The van der Waals surface area contributed by atoms with Crippen LogP contribution in [0.15, 0.2) is 12.1 Å². The largest absolute Gasteiger partial charge is 0.380 e. The highest BCUT2D eigenvalue weighted by molar-refractivity contribution is 5.32. The number of anilines is 1. The van der Waals surface area contributed by atoms with Crippen LogP contribution in [-0.4, -0.2) is 30.0 Å². The van der Waals surface area contributed by atoms with Crippen LogP contribution in [0.25, 0.3) is 0 Å². The maximum atomic E-state index is 5.40. The molecule has 0 aliphatic carbocycles. The minimum atomic E-state index is 0.158. The van der Waals surface area contributed by atoms with Gasteiger partial charge in [-0.1, -0.05) is 0 Å². The van der Waals surface area contributed by atoms with Crippen LogP contribution in [-0.2, 0) is 11.3 Å². The number of nitrogens with two attached hydrogens (primary N) is 1. The summed E-state index contributed by atoms with van der Waals surface area (Å²) in [5.41, 5.74) is 6.19. The van der Waals surface area contributed by atoms with Gasteiger partial charge < -0.3 is 15.8 Å². The second-order valence-electron chi connectivity index (χ2n) is 3.04. The molecule has 1 heterocycles. The molecule has 5 nitrogen and oxygen atoms in total. The summed E-state index contributed by atoms with van der Waals surface area (Å²) in [6.45, 7) is 3.11. The molecule has 0 amide bonds. The van der Waals surface area contributed by atoms with Gasteiger partial charge in [0.25, 0.3) is 0 Å². The Kier molecular flexibility index (Phi) is 4.28. The van der Waals surface area contributed by atoms with Crippen molar-refractivity contribution in [1.82, 2.24) is 10.2 Å². The Morgan fingerprint density at radius 1 is 1.50 bits per heavy atom. The van der Waals surface area contributed by atoms with Crippen molar-refractivity contribution in [3.8, 4) is 0 Å². The van der Waals surface area contributed by atoms with Crippen molar-refractivity contribution >= 4 is 5.82 Å². The molecule has 14 heavy (non-hydrogen) atoms. The third-order valence-electron chi connectivity index (χ3n) is 1.90. The summed E-state index contributed by atoms with van der Waals surface area (Å²) in [6, 6.07) is 3.71. The second-order valence-corrected chi connectivity index (χ2v) is 3.04. The van der Waals surface area contributed by atoms with Gasteiger partial charge >= 0.3 is 0 Å². The standard InChI is InChI=1S/C9H16N4O/c1-7(14-2)6-11-9-4-3-8(5-10)12-13-9/h3-4,7H,5-6,10H2,1-2H3,(H,11,13). The van der Waals surface area contributed by atoms with Crippen molar-refractivity contribution in [3.63, 3.8) is 0 Å². The minimum absolute atomic E-state index is 0.158. The van der Waals surface area contributed by atoms with Crippen LogP contribution in [0.3, 0.4) is 0 Å². The molecule has 0 aromatic carbocycles. The molecular weight excluding hydrogens is 180 g/mol. The van der Waals surface area contributed by atoms with Gasteiger partial charge in [0.15, 0.2) is 0 Å². The van der Waals surface area contributed by atoms with Crippen LogP contribution >= 0.6 is 0 Å². The van der Waals surface area contributed by atoms with Gasteiger partial charge in [-0.25, -0.2) is 0 Å². The van der Waals surface area contributed by atoms with Crippen LogP contribution in [0.2, 0.25) is 0 Å². The van der Waals surface area contributed by atoms with Crippen molar-refractivity contribution in [2.75, 3.05) is 19.0 Å². The lowest BCUT2D eigenvalue weighted by molar-refractivity contribution is 0.128. The first-order valence-corrected chi connectivity index (χ1v) is 4.55. The summed E-state index contributed by atoms with van der Waals surface area (Å²) >= 11 is 0. The lowest BCUT2D eigenvalue weighted by Crippen LogP contribution is -2.19. The van der Waals surface area contributed by atoms with E-state index in [2.05, 4.69) is 15.5 Å². The highest BCUT2D eigenvalue weighted by atomic mass is 16.5. The molecule has 0 aliphatic rings. The molecule has 78 valence electrons. The lowest BCUT2D eigenvalue weighted by atomic mass is 10.3. The fourth-order valence-electron chi connectivity index (χ4n) is 0.895. The molecule has 1 rings (SSSR count). The fourth-order valence-corrected chi connectivity index (χ4v) is 0.895. The average molecular weight is 196 g/mol. The number of aromatic nitrogens is 2. The number of methoxy groups -OCH3 is 1. The first kappa shape index (κ1) is 10.9. The third-order valence-corrected chi connectivity index (χ3v) is 1.90. The number of nitrogens with one attached hydrogen (secondary N) is 1. The van der Waals surface area contributed by atoms with Gasteiger partial charge in [0.2, 0.25) is 0 Å². The molecule has 1 aromatic heterocycles. The average Bonchev–Trinajstić information content (AvgIpc) is 2.26. The Morgan fingerprint density at radius 2 is 2.29 bits per heavy atom. The van der Waals surface area contributed by atoms with Crippen LogP contribution in [0, 0.1) is 0 Å². The number of hydrogen-bond donors (Lipinski definition) is 2.